The summed E-state index contributed by atoms with van der Waals surface area (Å²) < 4.78 is 0. The SMILES string of the molecule is CC(C)c1cnc(-c2ccccc2C(N)=O)s1. The molecule has 0 aliphatic rings. The average molecular weight is 246 g/mol. The quantitative estimate of drug-likeness (QED) is 0.905. The first-order chi connectivity index (χ1) is 8.09. The van der Waals surface area contributed by atoms with Crippen LogP contribution >= 0.6 is 11.3 Å². The van der Waals surface area contributed by atoms with Crippen LogP contribution in [0.5, 0.6) is 0 Å². The first-order valence-corrected chi connectivity index (χ1v) is 6.26. The summed E-state index contributed by atoms with van der Waals surface area (Å²) in [6.07, 6.45) is 1.86. The minimum Gasteiger partial charge on any atom is -0.366 e. The predicted octanol–water partition coefficient (Wildman–Crippen LogP) is 3.03. The third kappa shape index (κ3) is 2.36. The molecule has 2 aromatic rings. The number of aromatic nitrogens is 1. The van der Waals surface area contributed by atoms with Crippen molar-refractivity contribution in [2.75, 3.05) is 0 Å². The van der Waals surface area contributed by atoms with Crippen molar-refractivity contribution in [1.82, 2.24) is 4.98 Å². The molecule has 1 aromatic carbocycles. The molecule has 0 fully saturated rings. The van der Waals surface area contributed by atoms with E-state index in [0.29, 0.717) is 11.5 Å². The molecular weight excluding hydrogens is 232 g/mol. The van der Waals surface area contributed by atoms with Crippen LogP contribution in [0.2, 0.25) is 0 Å². The molecule has 0 atom stereocenters. The molecule has 0 aliphatic heterocycles. The van der Waals surface area contributed by atoms with Crippen molar-refractivity contribution < 1.29 is 4.79 Å². The molecule has 0 unspecified atom stereocenters. The summed E-state index contributed by atoms with van der Waals surface area (Å²) in [5.74, 6) is 0.0314. The summed E-state index contributed by atoms with van der Waals surface area (Å²) >= 11 is 1.61. The van der Waals surface area contributed by atoms with Crippen LogP contribution in [0, 0.1) is 0 Å². The van der Waals surface area contributed by atoms with E-state index >= 15 is 0 Å². The molecule has 0 spiro atoms. The minimum absolute atomic E-state index is 0.415. The Kier molecular flexibility index (Phi) is 3.24. The van der Waals surface area contributed by atoms with E-state index in [1.54, 1.807) is 23.5 Å². The summed E-state index contributed by atoms with van der Waals surface area (Å²) in [4.78, 5) is 16.9. The van der Waals surface area contributed by atoms with Gasteiger partial charge in [-0.3, -0.25) is 4.79 Å². The van der Waals surface area contributed by atoms with Gasteiger partial charge in [0.15, 0.2) is 0 Å². The molecule has 4 heteroatoms. The molecule has 3 nitrogen and oxygen atoms in total. The van der Waals surface area contributed by atoms with Crippen LogP contribution in [0.4, 0.5) is 0 Å². The lowest BCUT2D eigenvalue weighted by Gasteiger charge is -2.02. The normalized spacial score (nSPS) is 10.8. The van der Waals surface area contributed by atoms with Crippen molar-refractivity contribution >= 4 is 17.2 Å². The van der Waals surface area contributed by atoms with E-state index in [2.05, 4.69) is 18.8 Å². The zero-order valence-electron chi connectivity index (χ0n) is 9.81. The van der Waals surface area contributed by atoms with Gasteiger partial charge in [0, 0.05) is 22.2 Å². The van der Waals surface area contributed by atoms with Crippen LogP contribution in [-0.2, 0) is 0 Å². The van der Waals surface area contributed by atoms with Gasteiger partial charge in [0.1, 0.15) is 5.01 Å². The van der Waals surface area contributed by atoms with Gasteiger partial charge < -0.3 is 5.73 Å². The average Bonchev–Trinajstić information content (AvgIpc) is 2.78. The van der Waals surface area contributed by atoms with Crippen molar-refractivity contribution in [3.8, 4) is 10.6 Å². The lowest BCUT2D eigenvalue weighted by molar-refractivity contribution is 0.100. The van der Waals surface area contributed by atoms with Crippen LogP contribution in [0.3, 0.4) is 0 Å². The lowest BCUT2D eigenvalue weighted by atomic mass is 10.1. The van der Waals surface area contributed by atoms with E-state index in [1.807, 2.05) is 18.3 Å². The summed E-state index contributed by atoms with van der Waals surface area (Å²) in [6, 6.07) is 7.30. The van der Waals surface area contributed by atoms with Crippen LogP contribution in [0.1, 0.15) is 35.0 Å². The first-order valence-electron chi connectivity index (χ1n) is 5.44. The van der Waals surface area contributed by atoms with Gasteiger partial charge in [-0.15, -0.1) is 11.3 Å². The number of rotatable bonds is 3. The Morgan fingerprint density at radius 3 is 2.65 bits per heavy atom. The van der Waals surface area contributed by atoms with E-state index < -0.39 is 5.91 Å². The second kappa shape index (κ2) is 4.67. The second-order valence-corrected chi connectivity index (χ2v) is 5.19. The molecular formula is C13H14N2OS. The van der Waals surface area contributed by atoms with E-state index in [9.17, 15) is 4.79 Å². The molecule has 0 saturated carbocycles. The largest absolute Gasteiger partial charge is 0.366 e. The van der Waals surface area contributed by atoms with Gasteiger partial charge in [-0.25, -0.2) is 4.98 Å². The fraction of sp³-hybridized carbons (Fsp3) is 0.231. The number of nitrogens with two attached hydrogens (primary N) is 1. The van der Waals surface area contributed by atoms with Gasteiger partial charge in [-0.1, -0.05) is 32.0 Å². The Labute approximate surface area is 104 Å². The maximum atomic E-state index is 11.3. The van der Waals surface area contributed by atoms with Crippen molar-refractivity contribution in [3.05, 3.63) is 40.9 Å². The van der Waals surface area contributed by atoms with Crippen molar-refractivity contribution in [2.24, 2.45) is 5.73 Å². The smallest absolute Gasteiger partial charge is 0.249 e. The number of carbonyl (C=O) groups is 1. The molecule has 1 aromatic heterocycles. The van der Waals surface area contributed by atoms with Crippen LogP contribution < -0.4 is 5.73 Å². The van der Waals surface area contributed by atoms with E-state index in [1.165, 1.54) is 4.88 Å². The number of nitrogens with zero attached hydrogens (tertiary/aromatic N) is 1. The maximum Gasteiger partial charge on any atom is 0.249 e. The van der Waals surface area contributed by atoms with Gasteiger partial charge in [-0.05, 0) is 12.0 Å². The van der Waals surface area contributed by atoms with Gasteiger partial charge in [0.25, 0.3) is 0 Å². The number of hydrogen-bond donors (Lipinski definition) is 1. The standard InChI is InChI=1S/C13H14N2OS/c1-8(2)11-7-15-13(17-11)10-6-4-3-5-9(10)12(14)16/h3-8H,1-2H3,(H2,14,16). The van der Waals surface area contributed by atoms with Crippen LogP contribution in [0.15, 0.2) is 30.5 Å². The fourth-order valence-corrected chi connectivity index (χ4v) is 2.52. The second-order valence-electron chi connectivity index (χ2n) is 4.13. The number of hydrogen-bond acceptors (Lipinski definition) is 3. The maximum absolute atomic E-state index is 11.3. The molecule has 0 radical (unpaired) electrons. The van der Waals surface area contributed by atoms with Crippen LogP contribution in [-0.4, -0.2) is 10.9 Å². The van der Waals surface area contributed by atoms with E-state index in [0.717, 1.165) is 10.6 Å². The highest BCUT2D eigenvalue weighted by Gasteiger charge is 2.13. The highest BCUT2D eigenvalue weighted by atomic mass is 32.1. The molecule has 1 amide bonds. The Morgan fingerprint density at radius 1 is 1.35 bits per heavy atom. The Morgan fingerprint density at radius 2 is 2.06 bits per heavy atom. The molecule has 88 valence electrons. The Hall–Kier alpha value is -1.68. The summed E-state index contributed by atoms with van der Waals surface area (Å²) in [6.45, 7) is 4.24. The number of thiazole rings is 1. The highest BCUT2D eigenvalue weighted by molar-refractivity contribution is 7.15. The first kappa shape index (κ1) is 11.8. The molecule has 2 N–H and O–H groups in total. The zero-order chi connectivity index (χ0) is 12.4. The third-order valence-electron chi connectivity index (χ3n) is 2.52. The lowest BCUT2D eigenvalue weighted by Crippen LogP contribution is -2.12. The third-order valence-corrected chi connectivity index (χ3v) is 3.85. The van der Waals surface area contributed by atoms with Crippen LogP contribution in [0.25, 0.3) is 10.6 Å². The Bertz CT molecular complexity index is 546. The number of primary amides is 1. The minimum atomic E-state index is -0.415. The van der Waals surface area contributed by atoms with Gasteiger partial charge in [0.2, 0.25) is 5.91 Å². The van der Waals surface area contributed by atoms with Gasteiger partial charge in [-0.2, -0.15) is 0 Å². The van der Waals surface area contributed by atoms with E-state index in [-0.39, 0.29) is 0 Å². The summed E-state index contributed by atoms with van der Waals surface area (Å²) in [5, 5.41) is 0.850. The molecule has 1 heterocycles. The van der Waals surface area contributed by atoms with Crippen molar-refractivity contribution in [2.45, 2.75) is 19.8 Å². The van der Waals surface area contributed by atoms with E-state index in [4.69, 9.17) is 5.73 Å². The fourth-order valence-electron chi connectivity index (χ4n) is 1.56. The predicted molar refractivity (Wildman–Crippen MR) is 70.2 cm³/mol. The molecule has 2 rings (SSSR count). The van der Waals surface area contributed by atoms with Crippen molar-refractivity contribution in [3.63, 3.8) is 0 Å². The number of amides is 1. The van der Waals surface area contributed by atoms with Crippen molar-refractivity contribution in [1.29, 1.82) is 0 Å². The molecule has 17 heavy (non-hydrogen) atoms. The summed E-state index contributed by atoms with van der Waals surface area (Å²) in [5.41, 5.74) is 6.70. The zero-order valence-corrected chi connectivity index (χ0v) is 10.6. The number of benzene rings is 1. The highest BCUT2D eigenvalue weighted by Crippen LogP contribution is 2.31. The van der Waals surface area contributed by atoms with Gasteiger partial charge >= 0.3 is 0 Å². The molecule has 0 aliphatic carbocycles. The molecule has 0 bridgehead atoms. The topological polar surface area (TPSA) is 56.0 Å². The van der Waals surface area contributed by atoms with Gasteiger partial charge in [0.05, 0.1) is 0 Å². The molecule has 0 saturated heterocycles. The Balaban J connectivity index is 2.49. The monoisotopic (exact) mass is 246 g/mol. The summed E-state index contributed by atoms with van der Waals surface area (Å²) in [7, 11) is 0. The number of carbonyl (C=O) groups excluding carboxylic acids is 1.